The van der Waals surface area contributed by atoms with E-state index < -0.39 is 0 Å². The van der Waals surface area contributed by atoms with Gasteiger partial charge in [-0.05, 0) is 55.3 Å². The molecule has 2 aromatic carbocycles. The van der Waals surface area contributed by atoms with Crippen molar-refractivity contribution in [2.75, 3.05) is 33.3 Å². The third-order valence-corrected chi connectivity index (χ3v) is 5.19. The molecule has 0 bridgehead atoms. The predicted octanol–water partition coefficient (Wildman–Crippen LogP) is 1.99. The lowest BCUT2D eigenvalue weighted by molar-refractivity contribution is -0.917. The summed E-state index contributed by atoms with van der Waals surface area (Å²) in [6, 6.07) is 10.5. The van der Waals surface area contributed by atoms with Crippen LogP contribution in [0.2, 0.25) is 0 Å². The van der Waals surface area contributed by atoms with Crippen LogP contribution in [0.15, 0.2) is 36.4 Å². The van der Waals surface area contributed by atoms with Crippen LogP contribution in [-0.2, 0) is 6.54 Å². The van der Waals surface area contributed by atoms with E-state index >= 15 is 0 Å². The Balaban J connectivity index is 1.61. The number of methoxy groups -OCH3 is 1. The van der Waals surface area contributed by atoms with Gasteiger partial charge in [-0.25, -0.2) is 4.39 Å². The van der Waals surface area contributed by atoms with Crippen molar-refractivity contribution >= 4 is 5.91 Å². The predicted molar refractivity (Wildman–Crippen MR) is 99.2 cm³/mol. The molecule has 0 atom stereocenters. The van der Waals surface area contributed by atoms with Crippen LogP contribution < -0.4 is 9.64 Å². The van der Waals surface area contributed by atoms with Gasteiger partial charge in [0.25, 0.3) is 5.91 Å². The van der Waals surface area contributed by atoms with E-state index in [2.05, 4.69) is 0 Å². The number of carbonyl (C=O) groups is 1. The number of quaternary nitrogens is 1. The molecule has 0 spiro atoms. The number of amides is 1. The first-order valence-corrected chi connectivity index (χ1v) is 9.00. The largest absolute Gasteiger partial charge is 0.496 e. The minimum atomic E-state index is -0.247. The lowest BCUT2D eigenvalue weighted by atomic mass is 10.1. The van der Waals surface area contributed by atoms with Crippen molar-refractivity contribution in [1.29, 1.82) is 0 Å². The van der Waals surface area contributed by atoms with E-state index in [1.165, 1.54) is 16.5 Å². The summed E-state index contributed by atoms with van der Waals surface area (Å²) in [4.78, 5) is 16.0. The summed E-state index contributed by atoms with van der Waals surface area (Å²) in [5.41, 5.74) is 3.96. The number of rotatable bonds is 4. The maximum Gasteiger partial charge on any atom is 0.254 e. The summed E-state index contributed by atoms with van der Waals surface area (Å²) in [5.74, 6) is 0.562. The topological polar surface area (TPSA) is 34.0 Å². The molecule has 1 heterocycles. The highest BCUT2D eigenvalue weighted by atomic mass is 19.1. The Morgan fingerprint density at radius 1 is 1.12 bits per heavy atom. The first-order chi connectivity index (χ1) is 12.5. The molecule has 0 aliphatic carbocycles. The number of ether oxygens (including phenoxy) is 1. The van der Waals surface area contributed by atoms with Gasteiger partial charge in [-0.15, -0.1) is 0 Å². The molecule has 5 heteroatoms. The molecule has 0 aromatic heterocycles. The second kappa shape index (κ2) is 7.87. The van der Waals surface area contributed by atoms with Crippen molar-refractivity contribution in [3.05, 3.63) is 64.5 Å². The number of carbonyl (C=O) groups excluding carboxylic acids is 1. The van der Waals surface area contributed by atoms with Crippen molar-refractivity contribution in [1.82, 2.24) is 4.90 Å². The zero-order valence-electron chi connectivity index (χ0n) is 15.6. The minimum absolute atomic E-state index is 0.0930. The normalized spacial score (nSPS) is 15.2. The molecule has 1 aliphatic rings. The second-order valence-corrected chi connectivity index (χ2v) is 6.97. The van der Waals surface area contributed by atoms with Crippen LogP contribution in [0.3, 0.4) is 0 Å². The first kappa shape index (κ1) is 18.4. The number of aryl methyl sites for hydroxylation is 2. The van der Waals surface area contributed by atoms with E-state index in [-0.39, 0.29) is 11.7 Å². The highest BCUT2D eigenvalue weighted by molar-refractivity contribution is 5.94. The molecule has 1 fully saturated rings. The van der Waals surface area contributed by atoms with Gasteiger partial charge in [0.1, 0.15) is 18.1 Å². The van der Waals surface area contributed by atoms with Gasteiger partial charge in [-0.3, -0.25) is 4.79 Å². The fraction of sp³-hybridized carbons (Fsp3) is 0.381. The van der Waals surface area contributed by atoms with E-state index in [4.69, 9.17) is 4.74 Å². The molecule has 2 aromatic rings. The Hall–Kier alpha value is -2.40. The van der Waals surface area contributed by atoms with E-state index in [1.54, 1.807) is 19.2 Å². The molecular weight excluding hydrogens is 331 g/mol. The Morgan fingerprint density at radius 2 is 1.85 bits per heavy atom. The number of benzene rings is 2. The third kappa shape index (κ3) is 4.05. The maximum absolute atomic E-state index is 13.5. The quantitative estimate of drug-likeness (QED) is 0.908. The van der Waals surface area contributed by atoms with Crippen LogP contribution in [0.4, 0.5) is 4.39 Å². The summed E-state index contributed by atoms with van der Waals surface area (Å²) in [6.45, 7) is 7.88. The summed E-state index contributed by atoms with van der Waals surface area (Å²) in [5, 5.41) is 0. The zero-order valence-corrected chi connectivity index (χ0v) is 15.6. The van der Waals surface area contributed by atoms with E-state index in [9.17, 15) is 9.18 Å². The summed E-state index contributed by atoms with van der Waals surface area (Å²) >= 11 is 0. The summed E-state index contributed by atoms with van der Waals surface area (Å²) < 4.78 is 18.9. The molecular formula is C21H26FN2O2+. The van der Waals surface area contributed by atoms with Crippen molar-refractivity contribution in [3.8, 4) is 5.75 Å². The molecule has 0 radical (unpaired) electrons. The lowest BCUT2D eigenvalue weighted by Crippen LogP contribution is -3.13. The van der Waals surface area contributed by atoms with Crippen LogP contribution in [-0.4, -0.2) is 44.1 Å². The monoisotopic (exact) mass is 357 g/mol. The first-order valence-electron chi connectivity index (χ1n) is 9.00. The van der Waals surface area contributed by atoms with Crippen molar-refractivity contribution in [2.24, 2.45) is 0 Å². The van der Waals surface area contributed by atoms with Crippen LogP contribution >= 0.6 is 0 Å². The molecule has 1 saturated heterocycles. The second-order valence-electron chi connectivity index (χ2n) is 6.97. The molecule has 4 nitrogen and oxygen atoms in total. The van der Waals surface area contributed by atoms with Gasteiger partial charge in [0.05, 0.1) is 38.9 Å². The Bertz CT molecular complexity index is 799. The summed E-state index contributed by atoms with van der Waals surface area (Å²) in [7, 11) is 1.60. The SMILES string of the molecule is COc1ccc(F)cc1C[NH+]1CCN(C(=O)c2ccc(C)c(C)c2)CC1. The Kier molecular flexibility index (Phi) is 5.57. The maximum atomic E-state index is 13.5. The van der Waals surface area contributed by atoms with Gasteiger partial charge in [0.15, 0.2) is 0 Å². The minimum Gasteiger partial charge on any atom is -0.496 e. The smallest absolute Gasteiger partial charge is 0.254 e. The Labute approximate surface area is 154 Å². The lowest BCUT2D eigenvalue weighted by Gasteiger charge is -2.32. The molecule has 26 heavy (non-hydrogen) atoms. The highest BCUT2D eigenvalue weighted by Crippen LogP contribution is 2.18. The number of halogens is 1. The number of nitrogens with one attached hydrogen (secondary N) is 1. The van der Waals surface area contributed by atoms with Crippen LogP contribution in [0.1, 0.15) is 27.0 Å². The molecule has 0 unspecified atom stereocenters. The molecule has 3 rings (SSSR count). The highest BCUT2D eigenvalue weighted by Gasteiger charge is 2.25. The van der Waals surface area contributed by atoms with Crippen LogP contribution in [0, 0.1) is 19.7 Å². The van der Waals surface area contributed by atoms with Gasteiger partial charge >= 0.3 is 0 Å². The molecule has 1 N–H and O–H groups in total. The average Bonchev–Trinajstić information content (AvgIpc) is 2.64. The zero-order chi connectivity index (χ0) is 18.7. The summed E-state index contributed by atoms with van der Waals surface area (Å²) in [6.07, 6.45) is 0. The number of hydrogen-bond donors (Lipinski definition) is 1. The van der Waals surface area contributed by atoms with E-state index in [0.717, 1.165) is 29.8 Å². The van der Waals surface area contributed by atoms with Gasteiger partial charge in [-0.1, -0.05) is 6.07 Å². The fourth-order valence-electron chi connectivity index (χ4n) is 3.41. The molecule has 138 valence electrons. The van der Waals surface area contributed by atoms with Crippen LogP contribution in [0.25, 0.3) is 0 Å². The Morgan fingerprint density at radius 3 is 2.50 bits per heavy atom. The number of piperazine rings is 1. The van der Waals surface area contributed by atoms with Gasteiger partial charge in [0, 0.05) is 5.56 Å². The number of nitrogens with zero attached hydrogens (tertiary/aromatic N) is 1. The van der Waals surface area contributed by atoms with Gasteiger partial charge < -0.3 is 14.5 Å². The van der Waals surface area contributed by atoms with E-state index in [1.807, 2.05) is 36.9 Å². The molecule has 0 saturated carbocycles. The third-order valence-electron chi connectivity index (χ3n) is 5.19. The van der Waals surface area contributed by atoms with Gasteiger partial charge in [0.2, 0.25) is 0 Å². The standard InChI is InChI=1S/C21H25FN2O2/c1-15-4-5-17(12-16(15)2)21(25)24-10-8-23(9-11-24)14-18-13-19(22)6-7-20(18)26-3/h4-7,12-13H,8-11,14H2,1-3H3/p+1. The van der Waals surface area contributed by atoms with Crippen molar-refractivity contribution in [2.45, 2.75) is 20.4 Å². The number of hydrogen-bond acceptors (Lipinski definition) is 2. The molecule has 1 amide bonds. The van der Waals surface area contributed by atoms with Crippen molar-refractivity contribution in [3.63, 3.8) is 0 Å². The van der Waals surface area contributed by atoms with E-state index in [0.29, 0.717) is 25.4 Å². The van der Waals surface area contributed by atoms with Crippen molar-refractivity contribution < 1.29 is 18.8 Å². The fourth-order valence-corrected chi connectivity index (χ4v) is 3.41. The van der Waals surface area contributed by atoms with Crippen LogP contribution in [0.5, 0.6) is 5.75 Å². The average molecular weight is 357 g/mol. The van der Waals surface area contributed by atoms with Gasteiger partial charge in [-0.2, -0.15) is 0 Å². The molecule has 1 aliphatic heterocycles.